The predicted molar refractivity (Wildman–Crippen MR) is 66.3 cm³/mol. The van der Waals surface area contributed by atoms with Gasteiger partial charge in [-0.1, -0.05) is 24.3 Å². The molecule has 0 amide bonds. The molecule has 2 N–H and O–H groups in total. The van der Waals surface area contributed by atoms with Crippen LogP contribution in [0.2, 0.25) is 0 Å². The molecule has 1 aliphatic heterocycles. The average molecular weight is 226 g/mol. The van der Waals surface area contributed by atoms with Crippen LogP contribution in [-0.2, 0) is 11.3 Å². The van der Waals surface area contributed by atoms with E-state index in [9.17, 15) is 0 Å². The van der Waals surface area contributed by atoms with Gasteiger partial charge in [0, 0.05) is 18.3 Å². The first kappa shape index (κ1) is 10.4. The maximum Gasteiger partial charge on any atom is 0.0955 e. The summed E-state index contributed by atoms with van der Waals surface area (Å²) in [6.45, 7) is 1.16. The molecule has 17 heavy (non-hydrogen) atoms. The molecule has 0 fully saturated rings. The molecule has 2 heterocycles. The highest BCUT2D eigenvalue weighted by atomic mass is 16.5. The monoisotopic (exact) mass is 226 g/mol. The average Bonchev–Trinajstić information content (AvgIpc) is 2.82. The molecule has 0 saturated heterocycles. The molecule has 1 aromatic heterocycles. The summed E-state index contributed by atoms with van der Waals surface area (Å²) in [7, 11) is 0. The highest BCUT2D eigenvalue weighted by molar-refractivity contribution is 5.66. The quantitative estimate of drug-likeness (QED) is 0.854. The van der Waals surface area contributed by atoms with E-state index in [0.29, 0.717) is 13.2 Å². The van der Waals surface area contributed by atoms with E-state index in [0.717, 1.165) is 11.3 Å². The number of aromatic nitrogens is 1. The topological polar surface area (TPSA) is 48.1 Å². The normalized spacial score (nSPS) is 18.1. The van der Waals surface area contributed by atoms with Gasteiger partial charge >= 0.3 is 0 Å². The molecule has 0 aliphatic carbocycles. The van der Waals surface area contributed by atoms with Crippen molar-refractivity contribution in [2.75, 3.05) is 6.54 Å². The van der Waals surface area contributed by atoms with E-state index in [1.165, 1.54) is 11.1 Å². The molecular weight excluding hydrogens is 212 g/mol. The van der Waals surface area contributed by atoms with E-state index >= 15 is 0 Å². The van der Waals surface area contributed by atoms with E-state index in [1.54, 1.807) is 0 Å². The Labute approximate surface area is 100 Å². The minimum absolute atomic E-state index is 0.0358. The lowest BCUT2D eigenvalue weighted by atomic mass is 9.98. The van der Waals surface area contributed by atoms with Gasteiger partial charge in [0.15, 0.2) is 0 Å². The zero-order valence-electron chi connectivity index (χ0n) is 9.47. The molecule has 0 unspecified atom stereocenters. The number of pyridine rings is 1. The van der Waals surface area contributed by atoms with Crippen molar-refractivity contribution >= 4 is 0 Å². The van der Waals surface area contributed by atoms with Crippen molar-refractivity contribution in [1.82, 2.24) is 4.98 Å². The molecule has 3 rings (SSSR count). The molecular formula is C14H14N2O. The fourth-order valence-electron chi connectivity index (χ4n) is 2.30. The number of benzene rings is 1. The van der Waals surface area contributed by atoms with Gasteiger partial charge in [-0.15, -0.1) is 0 Å². The van der Waals surface area contributed by atoms with Crippen LogP contribution in [0.1, 0.15) is 17.2 Å². The van der Waals surface area contributed by atoms with Gasteiger partial charge in [-0.3, -0.25) is 4.98 Å². The minimum atomic E-state index is 0.0358. The summed E-state index contributed by atoms with van der Waals surface area (Å²) in [5.41, 5.74) is 10.3. The summed E-state index contributed by atoms with van der Waals surface area (Å²) in [5.74, 6) is 0. The van der Waals surface area contributed by atoms with Gasteiger partial charge in [0.1, 0.15) is 0 Å². The van der Waals surface area contributed by atoms with Crippen molar-refractivity contribution in [3.05, 3.63) is 53.7 Å². The number of ether oxygens (including phenoxy) is 1. The van der Waals surface area contributed by atoms with Crippen LogP contribution in [0.3, 0.4) is 0 Å². The van der Waals surface area contributed by atoms with Crippen molar-refractivity contribution in [3.8, 4) is 11.3 Å². The van der Waals surface area contributed by atoms with Crippen molar-refractivity contribution in [2.45, 2.75) is 12.7 Å². The summed E-state index contributed by atoms with van der Waals surface area (Å²) in [6.07, 6.45) is 1.85. The first-order valence-corrected chi connectivity index (χ1v) is 5.75. The maximum atomic E-state index is 5.70. The van der Waals surface area contributed by atoms with E-state index in [-0.39, 0.29) is 6.10 Å². The highest BCUT2D eigenvalue weighted by Crippen LogP contribution is 2.35. The zero-order chi connectivity index (χ0) is 11.7. The van der Waals surface area contributed by atoms with Crippen LogP contribution in [0.4, 0.5) is 0 Å². The maximum absolute atomic E-state index is 5.70. The number of hydrogen-bond donors (Lipinski definition) is 1. The number of nitrogens with zero attached hydrogens (tertiary/aromatic N) is 1. The third-order valence-electron chi connectivity index (χ3n) is 3.14. The SMILES string of the molecule is NC[C@H]1OCc2c(-c3ccccn3)cccc21. The third kappa shape index (κ3) is 1.73. The van der Waals surface area contributed by atoms with E-state index < -0.39 is 0 Å². The lowest BCUT2D eigenvalue weighted by Crippen LogP contribution is -2.10. The zero-order valence-corrected chi connectivity index (χ0v) is 9.47. The summed E-state index contributed by atoms with van der Waals surface area (Å²) >= 11 is 0. The van der Waals surface area contributed by atoms with Crippen LogP contribution >= 0.6 is 0 Å². The highest BCUT2D eigenvalue weighted by Gasteiger charge is 2.24. The Balaban J connectivity index is 2.12. The van der Waals surface area contributed by atoms with Gasteiger partial charge in [-0.05, 0) is 23.3 Å². The smallest absolute Gasteiger partial charge is 0.0955 e. The van der Waals surface area contributed by atoms with Crippen molar-refractivity contribution in [2.24, 2.45) is 5.73 Å². The van der Waals surface area contributed by atoms with Gasteiger partial charge in [-0.25, -0.2) is 0 Å². The van der Waals surface area contributed by atoms with E-state index in [2.05, 4.69) is 17.1 Å². The summed E-state index contributed by atoms with van der Waals surface area (Å²) < 4.78 is 5.68. The van der Waals surface area contributed by atoms with Gasteiger partial charge in [-0.2, -0.15) is 0 Å². The fourth-order valence-corrected chi connectivity index (χ4v) is 2.30. The Morgan fingerprint density at radius 3 is 2.94 bits per heavy atom. The second-order valence-electron chi connectivity index (χ2n) is 4.12. The van der Waals surface area contributed by atoms with Crippen LogP contribution < -0.4 is 5.73 Å². The van der Waals surface area contributed by atoms with Gasteiger partial charge < -0.3 is 10.5 Å². The minimum Gasteiger partial charge on any atom is -0.367 e. The standard InChI is InChI=1S/C14H14N2O/c15-8-14-11-5-3-4-10(12(11)9-17-14)13-6-1-2-7-16-13/h1-7,14H,8-9,15H2/t14-/m1/s1. The number of hydrogen-bond acceptors (Lipinski definition) is 3. The first-order valence-electron chi connectivity index (χ1n) is 5.75. The van der Waals surface area contributed by atoms with Crippen LogP contribution in [0.15, 0.2) is 42.6 Å². The Morgan fingerprint density at radius 2 is 2.18 bits per heavy atom. The molecule has 1 atom stereocenters. The molecule has 2 aromatic rings. The molecule has 86 valence electrons. The Hall–Kier alpha value is -1.71. The van der Waals surface area contributed by atoms with Gasteiger partial charge in [0.2, 0.25) is 0 Å². The fraction of sp³-hybridized carbons (Fsp3) is 0.214. The number of nitrogens with two attached hydrogens (primary N) is 1. The van der Waals surface area contributed by atoms with E-state index in [1.807, 2.05) is 30.5 Å². The molecule has 0 bridgehead atoms. The molecule has 1 aliphatic rings. The largest absolute Gasteiger partial charge is 0.367 e. The van der Waals surface area contributed by atoms with Crippen molar-refractivity contribution < 1.29 is 4.74 Å². The van der Waals surface area contributed by atoms with E-state index in [4.69, 9.17) is 10.5 Å². The van der Waals surface area contributed by atoms with Crippen LogP contribution in [0.25, 0.3) is 11.3 Å². The Kier molecular flexibility index (Phi) is 2.63. The number of fused-ring (bicyclic) bond motifs is 1. The van der Waals surface area contributed by atoms with Gasteiger partial charge in [0.05, 0.1) is 18.4 Å². The Morgan fingerprint density at radius 1 is 1.24 bits per heavy atom. The lowest BCUT2D eigenvalue weighted by Gasteiger charge is -2.08. The summed E-state index contributed by atoms with van der Waals surface area (Å²) in [6, 6.07) is 12.2. The second kappa shape index (κ2) is 4.28. The van der Waals surface area contributed by atoms with Crippen molar-refractivity contribution in [3.63, 3.8) is 0 Å². The van der Waals surface area contributed by atoms with Gasteiger partial charge in [0.25, 0.3) is 0 Å². The molecule has 1 aromatic carbocycles. The molecule has 3 nitrogen and oxygen atoms in total. The number of rotatable bonds is 2. The predicted octanol–water partition coefficient (Wildman–Crippen LogP) is 2.28. The summed E-state index contributed by atoms with van der Waals surface area (Å²) in [5, 5.41) is 0. The van der Waals surface area contributed by atoms with Crippen LogP contribution in [-0.4, -0.2) is 11.5 Å². The molecule has 0 radical (unpaired) electrons. The Bertz CT molecular complexity index is 525. The third-order valence-corrected chi connectivity index (χ3v) is 3.14. The van der Waals surface area contributed by atoms with Crippen LogP contribution in [0.5, 0.6) is 0 Å². The molecule has 0 saturated carbocycles. The lowest BCUT2D eigenvalue weighted by molar-refractivity contribution is 0.0724. The second-order valence-corrected chi connectivity index (χ2v) is 4.12. The first-order chi connectivity index (χ1) is 8.40. The molecule has 3 heteroatoms. The van der Waals surface area contributed by atoms with Crippen molar-refractivity contribution in [1.29, 1.82) is 0 Å². The van der Waals surface area contributed by atoms with Crippen LogP contribution in [0, 0.1) is 0 Å². The molecule has 0 spiro atoms. The summed E-state index contributed by atoms with van der Waals surface area (Å²) in [4.78, 5) is 4.39.